The van der Waals surface area contributed by atoms with Gasteiger partial charge in [-0.15, -0.1) is 11.8 Å². The molecule has 16 heavy (non-hydrogen) atoms. The lowest BCUT2D eigenvalue weighted by Gasteiger charge is -2.13. The first-order valence-corrected chi connectivity index (χ1v) is 6.08. The third-order valence-corrected chi connectivity index (χ3v) is 2.69. The van der Waals surface area contributed by atoms with Gasteiger partial charge in [-0.25, -0.2) is 4.39 Å². The van der Waals surface area contributed by atoms with Gasteiger partial charge in [0, 0.05) is 4.90 Å². The first-order chi connectivity index (χ1) is 7.37. The maximum atomic E-state index is 12.9. The number of benzene rings is 1. The number of hydrogen-bond donors (Lipinski definition) is 1. The van der Waals surface area contributed by atoms with Gasteiger partial charge in [0.1, 0.15) is 11.7 Å². The third kappa shape index (κ3) is 5.16. The summed E-state index contributed by atoms with van der Waals surface area (Å²) in [5.41, 5.74) is 5.62. The highest BCUT2D eigenvalue weighted by molar-refractivity contribution is 8.00. The summed E-state index contributed by atoms with van der Waals surface area (Å²) in [6, 6.07) is 6.47. The zero-order valence-corrected chi connectivity index (χ0v) is 10.6. The van der Waals surface area contributed by atoms with Crippen molar-refractivity contribution >= 4 is 17.6 Å². The van der Waals surface area contributed by atoms with Crippen molar-refractivity contribution in [1.29, 1.82) is 0 Å². The molecule has 2 N–H and O–H groups in total. The van der Waals surface area contributed by atoms with E-state index in [9.17, 15) is 4.39 Å². The summed E-state index contributed by atoms with van der Waals surface area (Å²) in [6.45, 7) is 5.98. The van der Waals surface area contributed by atoms with E-state index in [2.05, 4.69) is 4.99 Å². The van der Waals surface area contributed by atoms with E-state index < -0.39 is 0 Å². The summed E-state index contributed by atoms with van der Waals surface area (Å²) in [4.78, 5) is 5.19. The second kappa shape index (κ2) is 5.34. The van der Waals surface area contributed by atoms with Crippen LogP contribution in [0.5, 0.6) is 0 Å². The SMILES string of the molecule is CC(C)(C)N=C(N)CSc1cccc(F)c1. The average Bonchev–Trinajstić information content (AvgIpc) is 2.12. The van der Waals surface area contributed by atoms with E-state index in [1.807, 2.05) is 26.8 Å². The molecule has 0 atom stereocenters. The Bertz CT molecular complexity index is 383. The number of aliphatic imine (C=N–C) groups is 1. The molecule has 2 nitrogen and oxygen atoms in total. The molecule has 0 aromatic heterocycles. The van der Waals surface area contributed by atoms with Gasteiger partial charge in [-0.2, -0.15) is 0 Å². The Morgan fingerprint density at radius 3 is 2.69 bits per heavy atom. The van der Waals surface area contributed by atoms with Crippen LogP contribution in [-0.2, 0) is 0 Å². The summed E-state index contributed by atoms with van der Waals surface area (Å²) in [7, 11) is 0. The molecule has 0 spiro atoms. The van der Waals surface area contributed by atoms with Crippen molar-refractivity contribution in [2.45, 2.75) is 31.2 Å². The second-order valence-electron chi connectivity index (χ2n) is 4.52. The molecule has 4 heteroatoms. The number of hydrogen-bond acceptors (Lipinski definition) is 2. The summed E-state index contributed by atoms with van der Waals surface area (Å²) in [6.07, 6.45) is 0. The van der Waals surface area contributed by atoms with Gasteiger partial charge >= 0.3 is 0 Å². The van der Waals surface area contributed by atoms with Gasteiger partial charge < -0.3 is 5.73 Å². The molecule has 1 aromatic carbocycles. The van der Waals surface area contributed by atoms with E-state index >= 15 is 0 Å². The van der Waals surface area contributed by atoms with E-state index in [1.54, 1.807) is 6.07 Å². The fraction of sp³-hybridized carbons (Fsp3) is 0.417. The van der Waals surface area contributed by atoms with Crippen LogP contribution in [0.3, 0.4) is 0 Å². The summed E-state index contributed by atoms with van der Waals surface area (Å²) < 4.78 is 12.9. The quantitative estimate of drug-likeness (QED) is 0.501. The van der Waals surface area contributed by atoms with Crippen LogP contribution in [0.4, 0.5) is 4.39 Å². The Labute approximate surface area is 100 Å². The second-order valence-corrected chi connectivity index (χ2v) is 5.57. The highest BCUT2D eigenvalue weighted by Gasteiger charge is 2.08. The Hall–Kier alpha value is -1.03. The molecule has 0 aliphatic heterocycles. The summed E-state index contributed by atoms with van der Waals surface area (Å²) in [5.74, 6) is 0.943. The van der Waals surface area contributed by atoms with E-state index in [0.29, 0.717) is 11.6 Å². The third-order valence-electron chi connectivity index (χ3n) is 1.66. The molecule has 0 fully saturated rings. The van der Waals surface area contributed by atoms with Crippen LogP contribution >= 0.6 is 11.8 Å². The molecule has 0 aliphatic rings. The first kappa shape index (κ1) is 13.0. The van der Waals surface area contributed by atoms with Gasteiger partial charge in [-0.3, -0.25) is 4.99 Å². The molecular formula is C12H17FN2S. The maximum Gasteiger partial charge on any atom is 0.124 e. The highest BCUT2D eigenvalue weighted by atomic mass is 32.2. The maximum absolute atomic E-state index is 12.9. The summed E-state index contributed by atoms with van der Waals surface area (Å²) in [5, 5.41) is 0. The van der Waals surface area contributed by atoms with Gasteiger partial charge in [-0.1, -0.05) is 6.07 Å². The van der Waals surface area contributed by atoms with Crippen molar-refractivity contribution in [2.75, 3.05) is 5.75 Å². The predicted octanol–water partition coefficient (Wildman–Crippen LogP) is 3.07. The number of rotatable bonds is 3. The number of nitrogens with two attached hydrogens (primary N) is 1. The van der Waals surface area contributed by atoms with Gasteiger partial charge in [-0.05, 0) is 39.0 Å². The molecule has 0 saturated heterocycles. The van der Waals surface area contributed by atoms with Crippen LogP contribution in [-0.4, -0.2) is 17.1 Å². The number of halogens is 1. The van der Waals surface area contributed by atoms with Crippen molar-refractivity contribution < 1.29 is 4.39 Å². The average molecular weight is 240 g/mol. The first-order valence-electron chi connectivity index (χ1n) is 5.09. The molecule has 0 radical (unpaired) electrons. The van der Waals surface area contributed by atoms with Crippen LogP contribution in [0.15, 0.2) is 34.2 Å². The lowest BCUT2D eigenvalue weighted by Crippen LogP contribution is -2.22. The minimum absolute atomic E-state index is 0.160. The van der Waals surface area contributed by atoms with Crippen LogP contribution in [0, 0.1) is 5.82 Å². The minimum atomic E-state index is -0.226. The van der Waals surface area contributed by atoms with E-state index in [4.69, 9.17) is 5.73 Å². The van der Waals surface area contributed by atoms with Crippen molar-refractivity contribution in [3.63, 3.8) is 0 Å². The molecular weight excluding hydrogens is 223 g/mol. The van der Waals surface area contributed by atoms with Gasteiger partial charge in [0.15, 0.2) is 0 Å². The van der Waals surface area contributed by atoms with Gasteiger partial charge in [0.25, 0.3) is 0 Å². The van der Waals surface area contributed by atoms with Crippen molar-refractivity contribution in [3.8, 4) is 0 Å². The van der Waals surface area contributed by atoms with Crippen molar-refractivity contribution in [1.82, 2.24) is 0 Å². The number of nitrogens with zero attached hydrogens (tertiary/aromatic N) is 1. The van der Waals surface area contributed by atoms with Crippen LogP contribution < -0.4 is 5.73 Å². The molecule has 0 unspecified atom stereocenters. The number of thioether (sulfide) groups is 1. The molecule has 0 amide bonds. The molecule has 1 rings (SSSR count). The van der Waals surface area contributed by atoms with Crippen LogP contribution in [0.2, 0.25) is 0 Å². The van der Waals surface area contributed by atoms with E-state index in [0.717, 1.165) is 4.90 Å². The predicted molar refractivity (Wildman–Crippen MR) is 68.5 cm³/mol. The smallest absolute Gasteiger partial charge is 0.124 e. The zero-order chi connectivity index (χ0) is 12.2. The topological polar surface area (TPSA) is 38.4 Å². The monoisotopic (exact) mass is 240 g/mol. The van der Waals surface area contributed by atoms with Crippen LogP contribution in [0.25, 0.3) is 0 Å². The molecule has 0 bridgehead atoms. The molecule has 0 heterocycles. The largest absolute Gasteiger partial charge is 0.387 e. The standard InChI is InChI=1S/C12H17FN2S/c1-12(2,3)15-11(14)8-16-10-6-4-5-9(13)7-10/h4-7H,8H2,1-3H3,(H2,14,15). The van der Waals surface area contributed by atoms with Crippen molar-refractivity contribution in [2.24, 2.45) is 10.7 Å². The fourth-order valence-corrected chi connectivity index (χ4v) is 1.93. The molecule has 0 aliphatic carbocycles. The lowest BCUT2D eigenvalue weighted by molar-refractivity contribution is 0.583. The van der Waals surface area contributed by atoms with E-state index in [-0.39, 0.29) is 11.4 Å². The Morgan fingerprint density at radius 1 is 1.44 bits per heavy atom. The van der Waals surface area contributed by atoms with Gasteiger partial charge in [0.2, 0.25) is 0 Å². The Morgan fingerprint density at radius 2 is 2.12 bits per heavy atom. The molecule has 88 valence electrons. The number of amidine groups is 1. The Kier molecular flexibility index (Phi) is 4.35. The Balaban J connectivity index is 2.55. The zero-order valence-electron chi connectivity index (χ0n) is 9.83. The molecule has 1 aromatic rings. The van der Waals surface area contributed by atoms with Crippen LogP contribution in [0.1, 0.15) is 20.8 Å². The van der Waals surface area contributed by atoms with Gasteiger partial charge in [0.05, 0.1) is 11.3 Å². The fourth-order valence-electron chi connectivity index (χ4n) is 1.18. The lowest BCUT2D eigenvalue weighted by atomic mass is 10.1. The summed E-state index contributed by atoms with van der Waals surface area (Å²) >= 11 is 1.49. The van der Waals surface area contributed by atoms with Crippen molar-refractivity contribution in [3.05, 3.63) is 30.1 Å². The molecule has 0 saturated carbocycles. The highest BCUT2D eigenvalue weighted by Crippen LogP contribution is 2.18. The minimum Gasteiger partial charge on any atom is -0.387 e. The normalized spacial score (nSPS) is 12.9. The van der Waals surface area contributed by atoms with E-state index in [1.165, 1.54) is 23.9 Å².